The smallest absolute Gasteiger partial charge is 0.115 e. The predicted octanol–water partition coefficient (Wildman–Crippen LogP) is 5.19. The molecule has 0 aliphatic rings. The Morgan fingerprint density at radius 1 is 1.14 bits per heavy atom. The lowest BCUT2D eigenvalue weighted by molar-refractivity contribution is 0.906. The molecule has 3 aromatic rings. The zero-order valence-corrected chi connectivity index (χ0v) is 14.4. The largest absolute Gasteiger partial charge is 0.296 e. The first-order valence-electron chi connectivity index (χ1n) is 6.90. The molecule has 0 unspecified atom stereocenters. The molecule has 0 atom stereocenters. The summed E-state index contributed by atoms with van der Waals surface area (Å²) in [6.07, 6.45) is 0.751. The van der Waals surface area contributed by atoms with Gasteiger partial charge in [-0.2, -0.15) is 0 Å². The Labute approximate surface area is 137 Å². The van der Waals surface area contributed by atoms with Gasteiger partial charge in [0.2, 0.25) is 0 Å². The molecule has 0 bridgehead atoms. The van der Waals surface area contributed by atoms with Gasteiger partial charge in [-0.25, -0.2) is 4.98 Å². The minimum Gasteiger partial charge on any atom is -0.296 e. The lowest BCUT2D eigenvalue weighted by atomic mass is 10.1. The number of hydrogen-bond donors (Lipinski definition) is 0. The van der Waals surface area contributed by atoms with Gasteiger partial charge >= 0.3 is 0 Å². The molecule has 4 heteroatoms. The maximum atomic E-state index is 5.96. The number of halogens is 2. The number of benzene rings is 2. The highest BCUT2D eigenvalue weighted by Crippen LogP contribution is 2.27. The van der Waals surface area contributed by atoms with Gasteiger partial charge in [0, 0.05) is 16.8 Å². The molecular weight excluding hydrogens is 348 g/mol. The van der Waals surface area contributed by atoms with Crippen molar-refractivity contribution in [2.75, 3.05) is 5.88 Å². The van der Waals surface area contributed by atoms with Crippen LogP contribution < -0.4 is 0 Å². The van der Waals surface area contributed by atoms with Crippen LogP contribution in [-0.2, 0) is 6.42 Å². The highest BCUT2D eigenvalue weighted by Gasteiger charge is 2.14. The van der Waals surface area contributed by atoms with Crippen LogP contribution in [0, 0.1) is 13.8 Å². The van der Waals surface area contributed by atoms with E-state index >= 15 is 0 Å². The van der Waals surface area contributed by atoms with Crippen LogP contribution in [0.3, 0.4) is 0 Å². The van der Waals surface area contributed by atoms with Crippen LogP contribution >= 0.6 is 27.5 Å². The number of fused-ring (bicyclic) bond motifs is 1. The standard InChI is InChI=1S/C17H16BrClN2/c1-11-3-6-15(12(2)9-11)21-16-10-13(18)4-5-14(16)20-17(21)7-8-19/h3-6,9-10H,7-8H2,1-2H3. The second kappa shape index (κ2) is 5.82. The second-order valence-electron chi connectivity index (χ2n) is 5.23. The van der Waals surface area contributed by atoms with Crippen molar-refractivity contribution in [2.24, 2.45) is 0 Å². The fourth-order valence-corrected chi connectivity index (χ4v) is 3.19. The van der Waals surface area contributed by atoms with Crippen LogP contribution in [0.15, 0.2) is 40.9 Å². The molecule has 0 saturated carbocycles. The topological polar surface area (TPSA) is 17.8 Å². The number of aromatic nitrogens is 2. The Balaban J connectivity index is 2.32. The minimum absolute atomic E-state index is 0.565. The van der Waals surface area contributed by atoms with Gasteiger partial charge in [0.05, 0.1) is 16.7 Å². The summed E-state index contributed by atoms with van der Waals surface area (Å²) in [4.78, 5) is 4.74. The van der Waals surface area contributed by atoms with Crippen molar-refractivity contribution in [3.8, 4) is 5.69 Å². The van der Waals surface area contributed by atoms with Gasteiger partial charge in [0.1, 0.15) is 5.82 Å². The van der Waals surface area contributed by atoms with Gasteiger partial charge in [-0.15, -0.1) is 11.6 Å². The summed E-state index contributed by atoms with van der Waals surface area (Å²) in [5.41, 5.74) is 5.78. The maximum Gasteiger partial charge on any atom is 0.115 e. The summed E-state index contributed by atoms with van der Waals surface area (Å²) in [5, 5.41) is 0. The number of imidazole rings is 1. The molecular formula is C17H16BrClN2. The summed E-state index contributed by atoms with van der Waals surface area (Å²) in [7, 11) is 0. The third kappa shape index (κ3) is 2.72. The van der Waals surface area contributed by atoms with Gasteiger partial charge in [-0.05, 0) is 43.7 Å². The van der Waals surface area contributed by atoms with Crippen molar-refractivity contribution in [3.05, 3.63) is 57.8 Å². The number of rotatable bonds is 3. The molecule has 0 N–H and O–H groups in total. The van der Waals surface area contributed by atoms with E-state index in [0.29, 0.717) is 5.88 Å². The third-order valence-corrected chi connectivity index (χ3v) is 4.28. The third-order valence-electron chi connectivity index (χ3n) is 3.60. The van der Waals surface area contributed by atoms with Crippen LogP contribution in [-0.4, -0.2) is 15.4 Å². The van der Waals surface area contributed by atoms with Crippen molar-refractivity contribution >= 4 is 38.6 Å². The van der Waals surface area contributed by atoms with Crippen LogP contribution in [0.1, 0.15) is 17.0 Å². The van der Waals surface area contributed by atoms with Crippen molar-refractivity contribution in [3.63, 3.8) is 0 Å². The van der Waals surface area contributed by atoms with Gasteiger partial charge in [0.15, 0.2) is 0 Å². The number of alkyl halides is 1. The average Bonchev–Trinajstić information content (AvgIpc) is 2.77. The second-order valence-corrected chi connectivity index (χ2v) is 6.52. The number of hydrogen-bond acceptors (Lipinski definition) is 1. The van der Waals surface area contributed by atoms with E-state index < -0.39 is 0 Å². The van der Waals surface area contributed by atoms with Crippen LogP contribution in [0.5, 0.6) is 0 Å². The summed E-state index contributed by atoms with van der Waals surface area (Å²) >= 11 is 9.51. The Morgan fingerprint density at radius 2 is 1.95 bits per heavy atom. The molecule has 1 heterocycles. The lowest BCUT2D eigenvalue weighted by Gasteiger charge is -2.12. The fourth-order valence-electron chi connectivity index (χ4n) is 2.68. The molecule has 0 saturated heterocycles. The fraction of sp³-hybridized carbons (Fsp3) is 0.235. The Morgan fingerprint density at radius 3 is 2.67 bits per heavy atom. The van der Waals surface area contributed by atoms with Gasteiger partial charge in [-0.1, -0.05) is 33.6 Å². The van der Waals surface area contributed by atoms with Crippen molar-refractivity contribution in [1.29, 1.82) is 0 Å². The average molecular weight is 364 g/mol. The normalized spacial score (nSPS) is 11.2. The number of aryl methyl sites for hydroxylation is 3. The molecule has 21 heavy (non-hydrogen) atoms. The lowest BCUT2D eigenvalue weighted by Crippen LogP contribution is -2.04. The Kier molecular flexibility index (Phi) is 4.05. The zero-order chi connectivity index (χ0) is 15.0. The minimum atomic E-state index is 0.565. The molecule has 0 aliphatic carbocycles. The van der Waals surface area contributed by atoms with Crippen molar-refractivity contribution in [2.45, 2.75) is 20.3 Å². The molecule has 2 nitrogen and oxygen atoms in total. The Hall–Kier alpha value is -1.32. The van der Waals surface area contributed by atoms with E-state index in [4.69, 9.17) is 16.6 Å². The van der Waals surface area contributed by atoms with E-state index in [-0.39, 0.29) is 0 Å². The van der Waals surface area contributed by atoms with Gasteiger partial charge in [-0.3, -0.25) is 4.57 Å². The summed E-state index contributed by atoms with van der Waals surface area (Å²) in [6.45, 7) is 4.25. The van der Waals surface area contributed by atoms with Crippen LogP contribution in [0.25, 0.3) is 16.7 Å². The maximum absolute atomic E-state index is 5.96. The first kappa shape index (κ1) is 14.6. The molecule has 0 fully saturated rings. The van der Waals surface area contributed by atoms with Crippen LogP contribution in [0.2, 0.25) is 0 Å². The molecule has 108 valence electrons. The molecule has 0 radical (unpaired) electrons. The highest BCUT2D eigenvalue weighted by atomic mass is 79.9. The molecule has 3 rings (SSSR count). The van der Waals surface area contributed by atoms with E-state index in [1.165, 1.54) is 16.8 Å². The van der Waals surface area contributed by atoms with Gasteiger partial charge < -0.3 is 0 Å². The van der Waals surface area contributed by atoms with Crippen LogP contribution in [0.4, 0.5) is 0 Å². The molecule has 2 aromatic carbocycles. The van der Waals surface area contributed by atoms with Crippen molar-refractivity contribution < 1.29 is 0 Å². The predicted molar refractivity (Wildman–Crippen MR) is 92.7 cm³/mol. The zero-order valence-electron chi connectivity index (χ0n) is 12.0. The Bertz CT molecular complexity index is 808. The van der Waals surface area contributed by atoms with E-state index in [1.807, 2.05) is 12.1 Å². The highest BCUT2D eigenvalue weighted by molar-refractivity contribution is 9.10. The summed E-state index contributed by atoms with van der Waals surface area (Å²) in [5.74, 6) is 1.57. The van der Waals surface area contributed by atoms with E-state index in [1.54, 1.807) is 0 Å². The van der Waals surface area contributed by atoms with E-state index in [9.17, 15) is 0 Å². The first-order chi connectivity index (χ1) is 10.1. The summed E-state index contributed by atoms with van der Waals surface area (Å²) < 4.78 is 3.27. The molecule has 0 spiro atoms. The molecule has 0 aliphatic heterocycles. The quantitative estimate of drug-likeness (QED) is 0.586. The molecule has 0 amide bonds. The van der Waals surface area contributed by atoms with Crippen molar-refractivity contribution in [1.82, 2.24) is 9.55 Å². The van der Waals surface area contributed by atoms with Gasteiger partial charge in [0.25, 0.3) is 0 Å². The number of nitrogens with zero attached hydrogens (tertiary/aromatic N) is 2. The SMILES string of the molecule is Cc1ccc(-n2c(CCCl)nc3ccc(Br)cc32)c(C)c1. The first-order valence-corrected chi connectivity index (χ1v) is 8.23. The summed E-state index contributed by atoms with van der Waals surface area (Å²) in [6, 6.07) is 12.7. The monoisotopic (exact) mass is 362 g/mol. The molecule has 1 aromatic heterocycles. The van der Waals surface area contributed by atoms with E-state index in [0.717, 1.165) is 27.8 Å². The van der Waals surface area contributed by atoms with E-state index in [2.05, 4.69) is 58.6 Å².